The predicted molar refractivity (Wildman–Crippen MR) is 64.5 cm³/mol. The van der Waals surface area contributed by atoms with Crippen LogP contribution in [0.3, 0.4) is 0 Å². The number of hydrogen-bond acceptors (Lipinski definition) is 4. The average Bonchev–Trinajstić information content (AvgIpc) is 2.74. The van der Waals surface area contributed by atoms with Gasteiger partial charge in [0.1, 0.15) is 5.82 Å². The topological polar surface area (TPSA) is 62.4 Å². The van der Waals surface area contributed by atoms with E-state index in [2.05, 4.69) is 11.1 Å². The van der Waals surface area contributed by atoms with Crippen molar-refractivity contribution < 1.29 is 5.11 Å². The lowest BCUT2D eigenvalue weighted by Gasteiger charge is -2.21. The van der Waals surface area contributed by atoms with Gasteiger partial charge >= 0.3 is 0 Å². The lowest BCUT2D eigenvalue weighted by atomic mass is 10.1. The van der Waals surface area contributed by atoms with Gasteiger partial charge in [-0.15, -0.1) is 0 Å². The van der Waals surface area contributed by atoms with Crippen molar-refractivity contribution in [2.45, 2.75) is 25.8 Å². The molecule has 1 aromatic heterocycles. The van der Waals surface area contributed by atoms with Gasteiger partial charge in [-0.25, -0.2) is 4.98 Å². The lowest BCUT2D eigenvalue weighted by molar-refractivity contribution is 0.303. The minimum atomic E-state index is 0.138. The molecule has 2 rings (SSSR count). The summed E-state index contributed by atoms with van der Waals surface area (Å²) in [6, 6.07) is 2.18. The number of anilines is 1. The third-order valence-corrected chi connectivity index (χ3v) is 3.12. The standard InChI is InChI=1S/C12H19N3O/c1-15(5-6-16)12-10(8-13)7-9-3-2-4-11(9)14-12/h7,16H,2-6,8,13H2,1H3. The highest BCUT2D eigenvalue weighted by Crippen LogP contribution is 2.26. The second-order valence-corrected chi connectivity index (χ2v) is 4.28. The van der Waals surface area contributed by atoms with E-state index in [1.54, 1.807) is 0 Å². The van der Waals surface area contributed by atoms with Gasteiger partial charge in [0.05, 0.1) is 6.61 Å². The molecule has 0 unspecified atom stereocenters. The molecule has 1 aliphatic rings. The third kappa shape index (κ3) is 2.03. The summed E-state index contributed by atoms with van der Waals surface area (Å²) in [5, 5.41) is 8.95. The van der Waals surface area contributed by atoms with Crippen molar-refractivity contribution >= 4 is 5.82 Å². The van der Waals surface area contributed by atoms with Gasteiger partial charge in [-0.2, -0.15) is 0 Å². The molecule has 16 heavy (non-hydrogen) atoms. The zero-order chi connectivity index (χ0) is 11.5. The molecule has 1 heterocycles. The number of likely N-dealkylation sites (N-methyl/N-ethyl adjacent to an activating group) is 1. The van der Waals surface area contributed by atoms with Crippen molar-refractivity contribution in [1.82, 2.24) is 4.98 Å². The third-order valence-electron chi connectivity index (χ3n) is 3.12. The van der Waals surface area contributed by atoms with Gasteiger partial charge in [-0.1, -0.05) is 0 Å². The Morgan fingerprint density at radius 2 is 2.31 bits per heavy atom. The van der Waals surface area contributed by atoms with Gasteiger partial charge in [-0.05, 0) is 30.9 Å². The number of pyridine rings is 1. The molecular weight excluding hydrogens is 202 g/mol. The summed E-state index contributed by atoms with van der Waals surface area (Å²) in [7, 11) is 1.94. The normalized spacial score (nSPS) is 13.9. The van der Waals surface area contributed by atoms with Crippen LogP contribution in [0.5, 0.6) is 0 Å². The van der Waals surface area contributed by atoms with Crippen molar-refractivity contribution in [3.05, 3.63) is 22.9 Å². The molecule has 0 saturated carbocycles. The Kier molecular flexibility index (Phi) is 3.41. The highest BCUT2D eigenvalue weighted by Gasteiger charge is 2.17. The van der Waals surface area contributed by atoms with Gasteiger partial charge in [0.15, 0.2) is 0 Å². The fraction of sp³-hybridized carbons (Fsp3) is 0.583. The first-order chi connectivity index (χ1) is 7.76. The first-order valence-electron chi connectivity index (χ1n) is 5.80. The number of aliphatic hydroxyl groups excluding tert-OH is 1. The quantitative estimate of drug-likeness (QED) is 0.775. The van der Waals surface area contributed by atoms with Crippen LogP contribution in [-0.2, 0) is 19.4 Å². The van der Waals surface area contributed by atoms with E-state index in [1.807, 2.05) is 11.9 Å². The molecule has 4 heteroatoms. The molecule has 0 spiro atoms. The summed E-state index contributed by atoms with van der Waals surface area (Å²) < 4.78 is 0. The minimum absolute atomic E-state index is 0.138. The molecule has 0 amide bonds. The zero-order valence-electron chi connectivity index (χ0n) is 9.74. The van der Waals surface area contributed by atoms with E-state index in [0.717, 1.165) is 24.2 Å². The van der Waals surface area contributed by atoms with Crippen LogP contribution in [0.1, 0.15) is 23.2 Å². The summed E-state index contributed by atoms with van der Waals surface area (Å²) in [6.45, 7) is 1.24. The lowest BCUT2D eigenvalue weighted by Crippen LogP contribution is -2.24. The number of fused-ring (bicyclic) bond motifs is 1. The predicted octanol–water partition coefficient (Wildman–Crippen LogP) is 0.457. The number of aromatic nitrogens is 1. The maximum atomic E-state index is 8.95. The summed E-state index contributed by atoms with van der Waals surface area (Å²) in [5.41, 5.74) is 9.38. The van der Waals surface area contributed by atoms with Crippen LogP contribution < -0.4 is 10.6 Å². The Morgan fingerprint density at radius 1 is 1.50 bits per heavy atom. The maximum absolute atomic E-state index is 8.95. The van der Waals surface area contributed by atoms with Crippen LogP contribution in [-0.4, -0.2) is 30.3 Å². The molecule has 88 valence electrons. The van der Waals surface area contributed by atoms with Crippen LogP contribution in [0, 0.1) is 0 Å². The zero-order valence-corrected chi connectivity index (χ0v) is 9.74. The van der Waals surface area contributed by atoms with Crippen molar-refractivity contribution in [3.63, 3.8) is 0 Å². The monoisotopic (exact) mass is 221 g/mol. The SMILES string of the molecule is CN(CCO)c1nc2c(cc1CN)CCC2. The van der Waals surface area contributed by atoms with Gasteiger partial charge in [0.25, 0.3) is 0 Å². The van der Waals surface area contributed by atoms with Crippen LogP contribution in [0.25, 0.3) is 0 Å². The Bertz CT molecular complexity index is 379. The minimum Gasteiger partial charge on any atom is -0.395 e. The molecule has 4 nitrogen and oxygen atoms in total. The molecular formula is C12H19N3O. The fourth-order valence-electron chi connectivity index (χ4n) is 2.25. The summed E-state index contributed by atoms with van der Waals surface area (Å²) in [5.74, 6) is 0.928. The van der Waals surface area contributed by atoms with E-state index in [1.165, 1.54) is 17.7 Å². The van der Waals surface area contributed by atoms with Crippen LogP contribution in [0.4, 0.5) is 5.82 Å². The van der Waals surface area contributed by atoms with Gasteiger partial charge in [0.2, 0.25) is 0 Å². The largest absolute Gasteiger partial charge is 0.395 e. The highest BCUT2D eigenvalue weighted by molar-refractivity contribution is 5.50. The van der Waals surface area contributed by atoms with E-state index in [4.69, 9.17) is 10.8 Å². The number of nitrogens with two attached hydrogens (primary N) is 1. The number of hydrogen-bond donors (Lipinski definition) is 2. The van der Waals surface area contributed by atoms with E-state index < -0.39 is 0 Å². The van der Waals surface area contributed by atoms with Crippen molar-refractivity contribution in [2.75, 3.05) is 25.1 Å². The van der Waals surface area contributed by atoms with Gasteiger partial charge in [-0.3, -0.25) is 0 Å². The first kappa shape index (κ1) is 11.4. The molecule has 1 aromatic rings. The molecule has 0 aliphatic heterocycles. The van der Waals surface area contributed by atoms with Crippen molar-refractivity contribution in [3.8, 4) is 0 Å². The highest BCUT2D eigenvalue weighted by atomic mass is 16.3. The summed E-state index contributed by atoms with van der Waals surface area (Å²) in [4.78, 5) is 6.65. The van der Waals surface area contributed by atoms with Crippen LogP contribution in [0.15, 0.2) is 6.07 Å². The second-order valence-electron chi connectivity index (χ2n) is 4.28. The van der Waals surface area contributed by atoms with E-state index in [-0.39, 0.29) is 6.61 Å². The molecule has 3 N–H and O–H groups in total. The molecule has 0 atom stereocenters. The molecule has 0 fully saturated rings. The van der Waals surface area contributed by atoms with Crippen molar-refractivity contribution in [2.24, 2.45) is 5.73 Å². The second kappa shape index (κ2) is 4.80. The maximum Gasteiger partial charge on any atom is 0.133 e. The Hall–Kier alpha value is -1.13. The molecule has 0 saturated heterocycles. The summed E-state index contributed by atoms with van der Waals surface area (Å²) in [6.07, 6.45) is 3.39. The Labute approximate surface area is 96.1 Å². The first-order valence-corrected chi connectivity index (χ1v) is 5.80. The number of aliphatic hydroxyl groups is 1. The van der Waals surface area contributed by atoms with Crippen LogP contribution in [0.2, 0.25) is 0 Å². The van der Waals surface area contributed by atoms with Gasteiger partial charge in [0, 0.05) is 31.4 Å². The Morgan fingerprint density at radius 3 is 3.00 bits per heavy atom. The smallest absolute Gasteiger partial charge is 0.133 e. The molecule has 0 aromatic carbocycles. The van der Waals surface area contributed by atoms with Crippen molar-refractivity contribution in [1.29, 1.82) is 0 Å². The molecule has 0 bridgehead atoms. The number of nitrogens with zero attached hydrogens (tertiary/aromatic N) is 2. The van der Waals surface area contributed by atoms with E-state index in [9.17, 15) is 0 Å². The average molecular weight is 221 g/mol. The van der Waals surface area contributed by atoms with Crippen LogP contribution >= 0.6 is 0 Å². The molecule has 0 radical (unpaired) electrons. The Balaban J connectivity index is 2.35. The van der Waals surface area contributed by atoms with Gasteiger partial charge < -0.3 is 15.7 Å². The van der Waals surface area contributed by atoms with E-state index in [0.29, 0.717) is 13.1 Å². The molecule has 1 aliphatic carbocycles. The number of rotatable bonds is 4. The summed E-state index contributed by atoms with van der Waals surface area (Å²) >= 11 is 0. The van der Waals surface area contributed by atoms with E-state index >= 15 is 0 Å². The number of aryl methyl sites for hydroxylation is 2. The fourth-order valence-corrected chi connectivity index (χ4v) is 2.25.